The first-order valence-electron chi connectivity index (χ1n) is 6.27. The Morgan fingerprint density at radius 1 is 1.50 bits per heavy atom. The standard InChI is InChI=1S/C14H17FO3/c15-13-6-2-1-5-11(13)12(14(16)17)8-7-10-4-3-9-18-10/h1-2,5-6,10,12H,3-4,7-9H2,(H,16,17). The van der Waals surface area contributed by atoms with Crippen LogP contribution in [-0.4, -0.2) is 23.8 Å². The molecule has 2 unspecified atom stereocenters. The van der Waals surface area contributed by atoms with Gasteiger partial charge in [0.1, 0.15) is 5.82 Å². The zero-order valence-electron chi connectivity index (χ0n) is 10.1. The lowest BCUT2D eigenvalue weighted by Crippen LogP contribution is -2.16. The molecule has 0 amide bonds. The lowest BCUT2D eigenvalue weighted by atomic mass is 9.92. The van der Waals surface area contributed by atoms with Crippen LogP contribution in [0.25, 0.3) is 0 Å². The molecule has 1 aromatic carbocycles. The Bertz CT molecular complexity index is 413. The third-order valence-corrected chi connectivity index (χ3v) is 3.38. The number of carbonyl (C=O) groups is 1. The van der Waals surface area contributed by atoms with Gasteiger partial charge in [-0.1, -0.05) is 18.2 Å². The number of rotatable bonds is 5. The minimum atomic E-state index is -0.974. The summed E-state index contributed by atoms with van der Waals surface area (Å²) in [6.07, 6.45) is 3.23. The highest BCUT2D eigenvalue weighted by atomic mass is 19.1. The van der Waals surface area contributed by atoms with Crippen molar-refractivity contribution < 1.29 is 19.0 Å². The van der Waals surface area contributed by atoms with Crippen LogP contribution in [0.3, 0.4) is 0 Å². The van der Waals surface area contributed by atoms with E-state index in [1.807, 2.05) is 0 Å². The van der Waals surface area contributed by atoms with Crippen molar-refractivity contribution >= 4 is 5.97 Å². The molecule has 1 fully saturated rings. The van der Waals surface area contributed by atoms with E-state index in [2.05, 4.69) is 0 Å². The summed E-state index contributed by atoms with van der Waals surface area (Å²) in [5, 5.41) is 9.22. The monoisotopic (exact) mass is 252 g/mol. The zero-order chi connectivity index (χ0) is 13.0. The molecule has 0 aromatic heterocycles. The predicted molar refractivity (Wildman–Crippen MR) is 65.0 cm³/mol. The number of benzene rings is 1. The Hall–Kier alpha value is -1.42. The fourth-order valence-corrected chi connectivity index (χ4v) is 2.39. The number of hydrogen-bond donors (Lipinski definition) is 1. The molecular formula is C14H17FO3. The molecule has 1 heterocycles. The molecule has 0 saturated carbocycles. The van der Waals surface area contributed by atoms with E-state index in [-0.39, 0.29) is 11.7 Å². The Morgan fingerprint density at radius 2 is 2.28 bits per heavy atom. The number of carboxylic acid groups (broad SMARTS) is 1. The van der Waals surface area contributed by atoms with Crippen molar-refractivity contribution in [3.05, 3.63) is 35.6 Å². The molecule has 0 radical (unpaired) electrons. The maximum absolute atomic E-state index is 13.6. The highest BCUT2D eigenvalue weighted by Gasteiger charge is 2.25. The molecule has 1 N–H and O–H groups in total. The quantitative estimate of drug-likeness (QED) is 0.876. The van der Waals surface area contributed by atoms with Crippen molar-refractivity contribution in [2.24, 2.45) is 0 Å². The maximum Gasteiger partial charge on any atom is 0.311 e. The molecule has 1 aliphatic rings. The van der Waals surface area contributed by atoms with Crippen LogP contribution in [0.1, 0.15) is 37.2 Å². The summed E-state index contributed by atoms with van der Waals surface area (Å²) < 4.78 is 19.1. The molecular weight excluding hydrogens is 235 g/mol. The second-order valence-corrected chi connectivity index (χ2v) is 4.62. The van der Waals surface area contributed by atoms with Gasteiger partial charge in [0, 0.05) is 12.2 Å². The van der Waals surface area contributed by atoms with Crippen LogP contribution in [0.5, 0.6) is 0 Å². The molecule has 0 spiro atoms. The van der Waals surface area contributed by atoms with Gasteiger partial charge in [-0.3, -0.25) is 4.79 Å². The van der Waals surface area contributed by atoms with Crippen molar-refractivity contribution in [3.63, 3.8) is 0 Å². The third kappa shape index (κ3) is 3.07. The highest BCUT2D eigenvalue weighted by Crippen LogP contribution is 2.27. The molecule has 18 heavy (non-hydrogen) atoms. The summed E-state index contributed by atoms with van der Waals surface area (Å²) in [6, 6.07) is 6.08. The Morgan fingerprint density at radius 3 is 2.89 bits per heavy atom. The van der Waals surface area contributed by atoms with E-state index in [9.17, 15) is 14.3 Å². The van der Waals surface area contributed by atoms with Crippen LogP contribution in [0, 0.1) is 5.82 Å². The summed E-state index contributed by atoms with van der Waals surface area (Å²) in [4.78, 5) is 11.2. The van der Waals surface area contributed by atoms with Gasteiger partial charge >= 0.3 is 5.97 Å². The number of carboxylic acids is 1. The van der Waals surface area contributed by atoms with E-state index in [1.54, 1.807) is 18.2 Å². The van der Waals surface area contributed by atoms with E-state index in [0.717, 1.165) is 19.4 Å². The van der Waals surface area contributed by atoms with Crippen molar-refractivity contribution in [2.75, 3.05) is 6.61 Å². The first-order valence-corrected chi connectivity index (χ1v) is 6.27. The Balaban J connectivity index is 2.04. The van der Waals surface area contributed by atoms with E-state index in [1.165, 1.54) is 6.07 Å². The van der Waals surface area contributed by atoms with Gasteiger partial charge in [0.05, 0.1) is 12.0 Å². The molecule has 1 saturated heterocycles. The molecule has 2 atom stereocenters. The average Bonchev–Trinajstić information content (AvgIpc) is 2.84. The maximum atomic E-state index is 13.6. The molecule has 1 aromatic rings. The van der Waals surface area contributed by atoms with Crippen LogP contribution < -0.4 is 0 Å². The van der Waals surface area contributed by atoms with E-state index >= 15 is 0 Å². The van der Waals surface area contributed by atoms with E-state index < -0.39 is 17.7 Å². The number of aliphatic carboxylic acids is 1. The lowest BCUT2D eigenvalue weighted by Gasteiger charge is -2.16. The van der Waals surface area contributed by atoms with Gasteiger partial charge in [-0.05, 0) is 31.7 Å². The fourth-order valence-electron chi connectivity index (χ4n) is 2.39. The first-order chi connectivity index (χ1) is 8.68. The van der Waals surface area contributed by atoms with E-state index in [0.29, 0.717) is 12.8 Å². The lowest BCUT2D eigenvalue weighted by molar-refractivity contribution is -0.139. The van der Waals surface area contributed by atoms with Crippen LogP contribution in [0.2, 0.25) is 0 Å². The molecule has 1 aliphatic heterocycles. The highest BCUT2D eigenvalue weighted by molar-refractivity contribution is 5.76. The first kappa shape index (κ1) is 13.0. The molecule has 98 valence electrons. The van der Waals surface area contributed by atoms with Crippen molar-refractivity contribution in [2.45, 2.75) is 37.7 Å². The molecule has 3 nitrogen and oxygen atoms in total. The van der Waals surface area contributed by atoms with Gasteiger partial charge in [0.25, 0.3) is 0 Å². The smallest absolute Gasteiger partial charge is 0.311 e. The third-order valence-electron chi connectivity index (χ3n) is 3.38. The zero-order valence-corrected chi connectivity index (χ0v) is 10.1. The Labute approximate surface area is 106 Å². The van der Waals surface area contributed by atoms with Gasteiger partial charge in [0.2, 0.25) is 0 Å². The fraction of sp³-hybridized carbons (Fsp3) is 0.500. The second kappa shape index (κ2) is 5.96. The van der Waals surface area contributed by atoms with Crippen LogP contribution in [0.4, 0.5) is 4.39 Å². The van der Waals surface area contributed by atoms with Crippen molar-refractivity contribution in [1.29, 1.82) is 0 Å². The van der Waals surface area contributed by atoms with Gasteiger partial charge in [-0.2, -0.15) is 0 Å². The summed E-state index contributed by atoms with van der Waals surface area (Å²) >= 11 is 0. The summed E-state index contributed by atoms with van der Waals surface area (Å²) in [5.41, 5.74) is 0.267. The normalized spacial score (nSPS) is 20.8. The van der Waals surface area contributed by atoms with Gasteiger partial charge < -0.3 is 9.84 Å². The minimum Gasteiger partial charge on any atom is -0.481 e. The van der Waals surface area contributed by atoms with E-state index in [4.69, 9.17) is 4.74 Å². The van der Waals surface area contributed by atoms with Crippen LogP contribution in [-0.2, 0) is 9.53 Å². The van der Waals surface area contributed by atoms with Crippen molar-refractivity contribution in [3.8, 4) is 0 Å². The summed E-state index contributed by atoms with van der Waals surface area (Å²) in [7, 11) is 0. The van der Waals surface area contributed by atoms with Crippen molar-refractivity contribution in [1.82, 2.24) is 0 Å². The SMILES string of the molecule is O=C(O)C(CCC1CCCO1)c1ccccc1F. The number of halogens is 1. The second-order valence-electron chi connectivity index (χ2n) is 4.62. The Kier molecular flexibility index (Phi) is 4.31. The predicted octanol–water partition coefficient (Wildman–Crippen LogP) is 2.95. The van der Waals surface area contributed by atoms with Crippen LogP contribution in [0.15, 0.2) is 24.3 Å². The molecule has 0 aliphatic carbocycles. The summed E-state index contributed by atoms with van der Waals surface area (Å²) in [5.74, 6) is -2.20. The topological polar surface area (TPSA) is 46.5 Å². The number of hydrogen-bond acceptors (Lipinski definition) is 2. The average molecular weight is 252 g/mol. The molecule has 0 bridgehead atoms. The molecule has 4 heteroatoms. The largest absolute Gasteiger partial charge is 0.481 e. The van der Waals surface area contributed by atoms with Crippen LogP contribution >= 0.6 is 0 Å². The van der Waals surface area contributed by atoms with Gasteiger partial charge in [0.15, 0.2) is 0 Å². The molecule has 2 rings (SSSR count). The van der Waals surface area contributed by atoms with Gasteiger partial charge in [-0.25, -0.2) is 4.39 Å². The minimum absolute atomic E-state index is 0.138. The number of ether oxygens (including phenoxy) is 1. The summed E-state index contributed by atoms with van der Waals surface area (Å²) in [6.45, 7) is 0.752. The van der Waals surface area contributed by atoms with Gasteiger partial charge in [-0.15, -0.1) is 0 Å².